The van der Waals surface area contributed by atoms with Crippen molar-refractivity contribution >= 4 is 17.0 Å². The lowest BCUT2D eigenvalue weighted by Gasteiger charge is -2.22. The number of hydrogen-bond donors (Lipinski definition) is 1. The fraction of sp³-hybridized carbons (Fsp3) is 0.533. The number of nitrogens with two attached hydrogens (primary N) is 1. The van der Waals surface area contributed by atoms with Crippen molar-refractivity contribution in [1.82, 2.24) is 9.55 Å². The first-order valence-corrected chi connectivity index (χ1v) is 7.12. The van der Waals surface area contributed by atoms with Crippen LogP contribution in [0.3, 0.4) is 0 Å². The van der Waals surface area contributed by atoms with E-state index in [0.29, 0.717) is 17.4 Å². The average Bonchev–Trinajstić information content (AvgIpc) is 3.07. The molecule has 3 nitrogen and oxygen atoms in total. The van der Waals surface area contributed by atoms with Gasteiger partial charge in [-0.3, -0.25) is 0 Å². The minimum atomic E-state index is -0.282. The van der Waals surface area contributed by atoms with Gasteiger partial charge in [0, 0.05) is 6.54 Å². The molecule has 0 aliphatic heterocycles. The van der Waals surface area contributed by atoms with Crippen LogP contribution in [0.1, 0.15) is 25.7 Å². The van der Waals surface area contributed by atoms with E-state index in [2.05, 4.69) is 4.98 Å². The molecule has 4 rings (SSSR count). The van der Waals surface area contributed by atoms with Crippen molar-refractivity contribution in [2.45, 2.75) is 32.2 Å². The third kappa shape index (κ3) is 1.66. The predicted molar refractivity (Wildman–Crippen MR) is 73.0 cm³/mol. The Morgan fingerprint density at radius 2 is 2.21 bits per heavy atom. The monoisotopic (exact) mass is 259 g/mol. The Bertz CT molecular complexity index is 634. The standard InChI is InChI=1S/C15H18FN3/c16-12-2-1-3-13-14(12)18-15(17)19(13)8-11-7-9-4-5-10(11)6-9/h1-3,9-11H,4-8H2,(H2,17,18). The molecule has 1 aromatic heterocycles. The summed E-state index contributed by atoms with van der Waals surface area (Å²) >= 11 is 0. The van der Waals surface area contributed by atoms with E-state index >= 15 is 0 Å². The van der Waals surface area contributed by atoms with E-state index in [1.165, 1.54) is 31.7 Å². The quantitative estimate of drug-likeness (QED) is 0.900. The zero-order valence-electron chi connectivity index (χ0n) is 10.8. The fourth-order valence-corrected chi connectivity index (χ4v) is 4.16. The Labute approximate surface area is 111 Å². The van der Waals surface area contributed by atoms with Gasteiger partial charge in [-0.2, -0.15) is 0 Å². The summed E-state index contributed by atoms with van der Waals surface area (Å²) in [6.07, 6.45) is 5.44. The van der Waals surface area contributed by atoms with Gasteiger partial charge < -0.3 is 10.3 Å². The lowest BCUT2D eigenvalue weighted by molar-refractivity contribution is 0.300. The second kappa shape index (κ2) is 3.95. The van der Waals surface area contributed by atoms with Gasteiger partial charge in [0.05, 0.1) is 5.52 Å². The zero-order valence-corrected chi connectivity index (χ0v) is 10.8. The Balaban J connectivity index is 1.71. The molecule has 1 aromatic carbocycles. The molecule has 2 fully saturated rings. The number of halogens is 1. The van der Waals surface area contributed by atoms with Crippen molar-refractivity contribution in [3.05, 3.63) is 24.0 Å². The van der Waals surface area contributed by atoms with E-state index in [9.17, 15) is 4.39 Å². The molecule has 0 spiro atoms. The third-order valence-electron chi connectivity index (χ3n) is 5.06. The summed E-state index contributed by atoms with van der Waals surface area (Å²) in [7, 11) is 0. The largest absolute Gasteiger partial charge is 0.369 e. The molecule has 2 aromatic rings. The molecule has 2 aliphatic rings. The second-order valence-electron chi connectivity index (χ2n) is 6.12. The number of benzene rings is 1. The molecule has 0 amide bonds. The van der Waals surface area contributed by atoms with Crippen molar-refractivity contribution in [3.8, 4) is 0 Å². The van der Waals surface area contributed by atoms with Gasteiger partial charge in [0.25, 0.3) is 0 Å². The van der Waals surface area contributed by atoms with Crippen LogP contribution >= 0.6 is 0 Å². The van der Waals surface area contributed by atoms with Crippen molar-refractivity contribution in [2.75, 3.05) is 5.73 Å². The second-order valence-corrected chi connectivity index (χ2v) is 6.12. The van der Waals surface area contributed by atoms with Crippen LogP contribution in [0.4, 0.5) is 10.3 Å². The average molecular weight is 259 g/mol. The number of hydrogen-bond acceptors (Lipinski definition) is 2. The number of para-hydroxylation sites is 1. The van der Waals surface area contributed by atoms with Crippen LogP contribution in [0.15, 0.2) is 18.2 Å². The maximum Gasteiger partial charge on any atom is 0.201 e. The van der Waals surface area contributed by atoms with Gasteiger partial charge in [0.15, 0.2) is 5.82 Å². The first-order valence-electron chi connectivity index (χ1n) is 7.12. The van der Waals surface area contributed by atoms with Crippen molar-refractivity contribution < 1.29 is 4.39 Å². The van der Waals surface area contributed by atoms with Crippen LogP contribution < -0.4 is 5.73 Å². The van der Waals surface area contributed by atoms with Crippen LogP contribution in [-0.4, -0.2) is 9.55 Å². The fourth-order valence-electron chi connectivity index (χ4n) is 4.16. The molecular formula is C15H18FN3. The summed E-state index contributed by atoms with van der Waals surface area (Å²) in [5.74, 6) is 2.62. The molecule has 3 atom stereocenters. The molecule has 0 radical (unpaired) electrons. The van der Waals surface area contributed by atoms with Crippen molar-refractivity contribution in [2.24, 2.45) is 17.8 Å². The van der Waals surface area contributed by atoms with Gasteiger partial charge in [0.1, 0.15) is 5.52 Å². The van der Waals surface area contributed by atoms with Gasteiger partial charge >= 0.3 is 0 Å². The molecule has 19 heavy (non-hydrogen) atoms. The van der Waals surface area contributed by atoms with E-state index in [1.807, 2.05) is 10.6 Å². The summed E-state index contributed by atoms with van der Waals surface area (Å²) < 4.78 is 15.7. The van der Waals surface area contributed by atoms with E-state index in [0.717, 1.165) is 23.9 Å². The molecular weight excluding hydrogens is 241 g/mol. The maximum absolute atomic E-state index is 13.7. The predicted octanol–water partition coefficient (Wildman–Crippen LogP) is 3.19. The summed E-state index contributed by atoms with van der Waals surface area (Å²) in [6.45, 7) is 0.896. The number of anilines is 1. The smallest absolute Gasteiger partial charge is 0.201 e. The summed E-state index contributed by atoms with van der Waals surface area (Å²) in [5, 5.41) is 0. The van der Waals surface area contributed by atoms with Gasteiger partial charge in [-0.05, 0) is 49.1 Å². The lowest BCUT2D eigenvalue weighted by atomic mass is 9.89. The number of imidazole rings is 1. The first-order chi connectivity index (χ1) is 9.22. The van der Waals surface area contributed by atoms with Gasteiger partial charge in [-0.25, -0.2) is 9.37 Å². The zero-order chi connectivity index (χ0) is 13.0. The Morgan fingerprint density at radius 1 is 1.32 bits per heavy atom. The number of nitrogen functional groups attached to an aromatic ring is 1. The number of rotatable bonds is 2. The number of nitrogens with zero attached hydrogens (tertiary/aromatic N) is 2. The topological polar surface area (TPSA) is 43.8 Å². The van der Waals surface area contributed by atoms with Crippen LogP contribution in [0.25, 0.3) is 11.0 Å². The van der Waals surface area contributed by atoms with Crippen LogP contribution in [0, 0.1) is 23.6 Å². The third-order valence-corrected chi connectivity index (χ3v) is 5.06. The SMILES string of the molecule is Nc1nc2c(F)cccc2n1CC1CC2CCC1C2. The summed E-state index contributed by atoms with van der Waals surface area (Å²) in [5.41, 5.74) is 7.22. The highest BCUT2D eigenvalue weighted by molar-refractivity contribution is 5.78. The lowest BCUT2D eigenvalue weighted by Crippen LogP contribution is -2.18. The van der Waals surface area contributed by atoms with E-state index < -0.39 is 0 Å². The molecule has 1 heterocycles. The normalized spacial score (nSPS) is 29.4. The molecule has 2 bridgehead atoms. The molecule has 0 saturated heterocycles. The molecule has 2 N–H and O–H groups in total. The van der Waals surface area contributed by atoms with E-state index in [4.69, 9.17) is 5.73 Å². The molecule has 100 valence electrons. The molecule has 2 aliphatic carbocycles. The molecule has 2 saturated carbocycles. The van der Waals surface area contributed by atoms with Crippen LogP contribution in [-0.2, 0) is 6.54 Å². The summed E-state index contributed by atoms with van der Waals surface area (Å²) in [6, 6.07) is 5.09. The Kier molecular flexibility index (Phi) is 2.34. The van der Waals surface area contributed by atoms with Gasteiger partial charge in [-0.1, -0.05) is 12.5 Å². The van der Waals surface area contributed by atoms with Gasteiger partial charge in [0.2, 0.25) is 5.95 Å². The minimum absolute atomic E-state index is 0.282. The Morgan fingerprint density at radius 3 is 2.95 bits per heavy atom. The van der Waals surface area contributed by atoms with Crippen LogP contribution in [0.5, 0.6) is 0 Å². The molecule has 4 heteroatoms. The number of fused-ring (bicyclic) bond motifs is 3. The van der Waals surface area contributed by atoms with Crippen molar-refractivity contribution in [1.29, 1.82) is 0 Å². The first kappa shape index (κ1) is 11.3. The maximum atomic E-state index is 13.7. The highest BCUT2D eigenvalue weighted by Gasteiger charge is 2.39. The summed E-state index contributed by atoms with van der Waals surface area (Å²) in [4.78, 5) is 4.18. The number of aromatic nitrogens is 2. The van der Waals surface area contributed by atoms with E-state index in [1.54, 1.807) is 6.07 Å². The Hall–Kier alpha value is -1.58. The highest BCUT2D eigenvalue weighted by atomic mass is 19.1. The van der Waals surface area contributed by atoms with Gasteiger partial charge in [-0.15, -0.1) is 0 Å². The van der Waals surface area contributed by atoms with Crippen LogP contribution in [0.2, 0.25) is 0 Å². The minimum Gasteiger partial charge on any atom is -0.369 e. The molecule has 3 unspecified atom stereocenters. The highest BCUT2D eigenvalue weighted by Crippen LogP contribution is 2.49. The van der Waals surface area contributed by atoms with Crippen molar-refractivity contribution in [3.63, 3.8) is 0 Å². The van der Waals surface area contributed by atoms with E-state index in [-0.39, 0.29) is 5.82 Å².